The van der Waals surface area contributed by atoms with Crippen molar-refractivity contribution in [2.75, 3.05) is 36.0 Å². The van der Waals surface area contributed by atoms with E-state index in [1.54, 1.807) is 17.7 Å². The smallest absolute Gasteiger partial charge is 0.329 e. The minimum atomic E-state index is -0.532. The predicted molar refractivity (Wildman–Crippen MR) is 102 cm³/mol. The molecule has 9 nitrogen and oxygen atoms in total. The molecule has 1 aliphatic rings. The zero-order valence-electron chi connectivity index (χ0n) is 14.5. The van der Waals surface area contributed by atoms with Crippen molar-refractivity contribution in [3.63, 3.8) is 0 Å². The Labute approximate surface area is 158 Å². The first-order valence-electron chi connectivity index (χ1n) is 8.33. The molecular formula is C17H15N7O2S. The summed E-state index contributed by atoms with van der Waals surface area (Å²) in [5.74, 6) is 1.13. The van der Waals surface area contributed by atoms with Gasteiger partial charge >= 0.3 is 5.69 Å². The van der Waals surface area contributed by atoms with Gasteiger partial charge in [0.15, 0.2) is 0 Å². The number of nitro groups is 1. The quantitative estimate of drug-likeness (QED) is 0.502. The number of nitriles is 1. The fraction of sp³-hybridized carbons (Fsp3) is 0.294. The Morgan fingerprint density at radius 2 is 1.89 bits per heavy atom. The molecule has 4 heterocycles. The van der Waals surface area contributed by atoms with Crippen molar-refractivity contribution in [3.05, 3.63) is 45.2 Å². The average molecular weight is 381 g/mol. The topological polar surface area (TPSA) is 112 Å². The number of hydrogen-bond donors (Lipinski definition) is 0. The summed E-state index contributed by atoms with van der Waals surface area (Å²) in [5, 5.41) is 21.6. The molecule has 0 amide bonds. The third-order valence-electron chi connectivity index (χ3n) is 4.52. The number of aromatic nitrogens is 3. The molecule has 0 aliphatic carbocycles. The first-order valence-corrected chi connectivity index (χ1v) is 9.14. The maximum absolute atomic E-state index is 11.4. The lowest BCUT2D eigenvalue weighted by molar-refractivity contribution is -0.384. The summed E-state index contributed by atoms with van der Waals surface area (Å²) in [7, 11) is 0. The van der Waals surface area contributed by atoms with Gasteiger partial charge in [0.2, 0.25) is 5.82 Å². The van der Waals surface area contributed by atoms with Gasteiger partial charge in [-0.3, -0.25) is 10.1 Å². The lowest BCUT2D eigenvalue weighted by atomic mass is 10.2. The fourth-order valence-electron chi connectivity index (χ4n) is 3.29. The molecule has 0 unspecified atom stereocenters. The molecule has 3 aromatic heterocycles. The summed E-state index contributed by atoms with van der Waals surface area (Å²) >= 11 is 1.63. The molecule has 0 N–H and O–H groups in total. The van der Waals surface area contributed by atoms with E-state index in [1.165, 1.54) is 17.1 Å². The molecule has 4 rings (SSSR count). The molecule has 0 bridgehead atoms. The number of nitrogens with zero attached hydrogens (tertiary/aromatic N) is 7. The summed E-state index contributed by atoms with van der Waals surface area (Å²) in [4.78, 5) is 30.0. The summed E-state index contributed by atoms with van der Waals surface area (Å²) in [6.45, 7) is 4.45. The number of piperazine rings is 1. The molecule has 0 atom stereocenters. The van der Waals surface area contributed by atoms with Gasteiger partial charge in [0.25, 0.3) is 0 Å². The van der Waals surface area contributed by atoms with Crippen LogP contribution in [0.2, 0.25) is 0 Å². The highest BCUT2D eigenvalue weighted by molar-refractivity contribution is 7.18. The fourth-order valence-corrected chi connectivity index (χ4v) is 4.13. The van der Waals surface area contributed by atoms with Gasteiger partial charge in [-0.15, -0.1) is 11.3 Å². The summed E-state index contributed by atoms with van der Waals surface area (Å²) < 4.78 is 0. The van der Waals surface area contributed by atoms with Gasteiger partial charge < -0.3 is 9.80 Å². The second-order valence-corrected chi connectivity index (χ2v) is 7.38. The summed E-state index contributed by atoms with van der Waals surface area (Å²) in [6.07, 6.45) is 3.01. The van der Waals surface area contributed by atoms with Gasteiger partial charge in [0.05, 0.1) is 10.3 Å². The van der Waals surface area contributed by atoms with Crippen LogP contribution in [0.3, 0.4) is 0 Å². The number of aryl methyl sites for hydroxylation is 1. The molecule has 0 spiro atoms. The number of thiophene rings is 1. The standard InChI is InChI=1S/C17H15N7O2S/c1-11-8-13-15(20-10-21-17(13)27-11)22-4-6-23(7-5-22)16-14(24(25)26)12(9-18)2-3-19-16/h2-3,8,10H,4-7H2,1H3. The Hall–Kier alpha value is -3.32. The van der Waals surface area contributed by atoms with E-state index in [0.717, 1.165) is 16.0 Å². The average Bonchev–Trinajstić information content (AvgIpc) is 3.07. The van der Waals surface area contributed by atoms with Crippen LogP contribution >= 0.6 is 11.3 Å². The van der Waals surface area contributed by atoms with E-state index < -0.39 is 4.92 Å². The first-order chi connectivity index (χ1) is 13.1. The van der Waals surface area contributed by atoms with Gasteiger partial charge in [-0.1, -0.05) is 0 Å². The molecular weight excluding hydrogens is 366 g/mol. The van der Waals surface area contributed by atoms with E-state index >= 15 is 0 Å². The molecule has 10 heteroatoms. The van der Waals surface area contributed by atoms with E-state index in [2.05, 4.69) is 25.9 Å². The van der Waals surface area contributed by atoms with Crippen molar-refractivity contribution in [1.82, 2.24) is 15.0 Å². The maximum Gasteiger partial charge on any atom is 0.329 e. The van der Waals surface area contributed by atoms with Gasteiger partial charge in [-0.05, 0) is 19.1 Å². The van der Waals surface area contributed by atoms with Gasteiger partial charge in [-0.25, -0.2) is 15.0 Å². The highest BCUT2D eigenvalue weighted by atomic mass is 32.1. The molecule has 136 valence electrons. The second-order valence-electron chi connectivity index (χ2n) is 6.15. The Kier molecular flexibility index (Phi) is 4.29. The third kappa shape index (κ3) is 3.02. The zero-order valence-corrected chi connectivity index (χ0v) is 15.3. The van der Waals surface area contributed by atoms with Crippen LogP contribution in [0.15, 0.2) is 24.7 Å². The minimum absolute atomic E-state index is 0.0266. The number of anilines is 2. The van der Waals surface area contributed by atoms with Crippen LogP contribution in [-0.2, 0) is 0 Å². The molecule has 0 radical (unpaired) electrons. The third-order valence-corrected chi connectivity index (χ3v) is 5.48. The number of hydrogen-bond acceptors (Lipinski definition) is 9. The molecule has 0 aromatic carbocycles. The molecule has 1 aliphatic heterocycles. The van der Waals surface area contributed by atoms with Crippen molar-refractivity contribution >= 4 is 38.9 Å². The Morgan fingerprint density at radius 3 is 2.56 bits per heavy atom. The normalized spacial score (nSPS) is 14.4. The van der Waals surface area contributed by atoms with E-state index in [1.807, 2.05) is 17.9 Å². The van der Waals surface area contributed by atoms with E-state index in [9.17, 15) is 10.1 Å². The SMILES string of the molecule is Cc1cc2c(N3CCN(c4nccc(C#N)c4[N+](=O)[O-])CC3)ncnc2s1. The van der Waals surface area contributed by atoms with Gasteiger partial charge in [0, 0.05) is 37.3 Å². The van der Waals surface area contributed by atoms with E-state index in [0.29, 0.717) is 26.2 Å². The zero-order chi connectivity index (χ0) is 19.0. The molecule has 1 fully saturated rings. The van der Waals surface area contributed by atoms with Crippen molar-refractivity contribution in [1.29, 1.82) is 5.26 Å². The number of rotatable bonds is 3. The van der Waals surface area contributed by atoms with Crippen LogP contribution in [0.4, 0.5) is 17.3 Å². The maximum atomic E-state index is 11.4. The van der Waals surface area contributed by atoms with Crippen LogP contribution in [0.5, 0.6) is 0 Å². The minimum Gasteiger partial charge on any atom is -0.352 e. The summed E-state index contributed by atoms with van der Waals surface area (Å²) in [6, 6.07) is 5.34. The van der Waals surface area contributed by atoms with E-state index in [4.69, 9.17) is 5.26 Å². The van der Waals surface area contributed by atoms with Crippen LogP contribution in [0, 0.1) is 28.4 Å². The van der Waals surface area contributed by atoms with Crippen molar-refractivity contribution in [2.45, 2.75) is 6.92 Å². The van der Waals surface area contributed by atoms with Crippen molar-refractivity contribution in [2.24, 2.45) is 0 Å². The van der Waals surface area contributed by atoms with Crippen molar-refractivity contribution in [3.8, 4) is 6.07 Å². The largest absolute Gasteiger partial charge is 0.352 e. The Balaban J connectivity index is 1.60. The highest BCUT2D eigenvalue weighted by Crippen LogP contribution is 2.32. The lowest BCUT2D eigenvalue weighted by Crippen LogP contribution is -2.47. The van der Waals surface area contributed by atoms with Crippen LogP contribution in [0.25, 0.3) is 10.2 Å². The van der Waals surface area contributed by atoms with Crippen LogP contribution in [-0.4, -0.2) is 46.1 Å². The first kappa shape index (κ1) is 17.1. The van der Waals surface area contributed by atoms with Gasteiger partial charge in [-0.2, -0.15) is 5.26 Å². The summed E-state index contributed by atoms with van der Waals surface area (Å²) in [5.41, 5.74) is -0.204. The molecule has 3 aromatic rings. The molecule has 27 heavy (non-hydrogen) atoms. The Bertz CT molecular complexity index is 1070. The number of fused-ring (bicyclic) bond motifs is 1. The highest BCUT2D eigenvalue weighted by Gasteiger charge is 2.29. The molecule has 1 saturated heterocycles. The number of pyridine rings is 1. The van der Waals surface area contributed by atoms with Gasteiger partial charge in [0.1, 0.15) is 28.6 Å². The monoisotopic (exact) mass is 381 g/mol. The Morgan fingerprint density at radius 1 is 1.19 bits per heavy atom. The van der Waals surface area contributed by atoms with Crippen LogP contribution in [0.1, 0.15) is 10.4 Å². The lowest BCUT2D eigenvalue weighted by Gasteiger charge is -2.35. The van der Waals surface area contributed by atoms with Crippen molar-refractivity contribution < 1.29 is 4.92 Å². The second kappa shape index (κ2) is 6.77. The van der Waals surface area contributed by atoms with Crippen LogP contribution < -0.4 is 9.80 Å². The molecule has 0 saturated carbocycles. The van der Waals surface area contributed by atoms with E-state index in [-0.39, 0.29) is 17.1 Å². The predicted octanol–water partition coefficient (Wildman–Crippen LogP) is 2.50.